The Hall–Kier alpha value is -3.75. The van der Waals surface area contributed by atoms with Crippen LogP contribution in [0.4, 0.5) is 11.4 Å². The third kappa shape index (κ3) is 4.50. The SMILES string of the molecule is CNC(=O)COC(=O)c1ccccc1C(=O)c1ccc(N(C)C)c([N+](=O)[O-])c1. The molecule has 146 valence electrons. The van der Waals surface area contributed by atoms with E-state index < -0.39 is 29.2 Å². The van der Waals surface area contributed by atoms with Gasteiger partial charge in [0.2, 0.25) is 0 Å². The molecule has 2 aromatic carbocycles. The minimum atomic E-state index is -0.841. The summed E-state index contributed by atoms with van der Waals surface area (Å²) in [6.07, 6.45) is 0. The molecular weight excluding hydrogens is 366 g/mol. The van der Waals surface area contributed by atoms with E-state index in [1.54, 1.807) is 31.1 Å². The van der Waals surface area contributed by atoms with Crippen LogP contribution in [-0.4, -0.2) is 50.3 Å². The molecule has 2 rings (SSSR count). The molecule has 0 bridgehead atoms. The molecule has 1 amide bonds. The Morgan fingerprint density at radius 1 is 1.11 bits per heavy atom. The number of likely N-dealkylation sites (N-methyl/N-ethyl adjacent to an activating group) is 1. The van der Waals surface area contributed by atoms with Gasteiger partial charge in [-0.3, -0.25) is 19.7 Å². The van der Waals surface area contributed by atoms with E-state index in [4.69, 9.17) is 4.74 Å². The molecule has 0 saturated carbocycles. The molecule has 0 aliphatic rings. The molecule has 0 spiro atoms. The number of benzene rings is 2. The van der Waals surface area contributed by atoms with Gasteiger partial charge in [0.25, 0.3) is 11.6 Å². The first-order valence-electron chi connectivity index (χ1n) is 8.23. The third-order valence-corrected chi connectivity index (χ3v) is 3.92. The summed E-state index contributed by atoms with van der Waals surface area (Å²) in [5.74, 6) is -1.90. The number of carbonyl (C=O) groups is 3. The number of nitro groups is 1. The van der Waals surface area contributed by atoms with Gasteiger partial charge in [-0.2, -0.15) is 0 Å². The van der Waals surface area contributed by atoms with Crippen LogP contribution in [0.5, 0.6) is 0 Å². The standard InChI is InChI=1S/C19H19N3O6/c1-20-17(23)11-28-19(25)14-7-5-4-6-13(14)18(24)12-8-9-15(21(2)3)16(10-12)22(26)27/h4-10H,11H2,1-3H3,(H,20,23). The molecule has 2 aromatic rings. The molecule has 9 heteroatoms. The van der Waals surface area contributed by atoms with Crippen molar-refractivity contribution < 1.29 is 24.0 Å². The third-order valence-electron chi connectivity index (χ3n) is 3.92. The molecule has 1 N–H and O–H groups in total. The fraction of sp³-hybridized carbons (Fsp3) is 0.211. The summed E-state index contributed by atoms with van der Waals surface area (Å²) >= 11 is 0. The first-order chi connectivity index (χ1) is 13.3. The summed E-state index contributed by atoms with van der Waals surface area (Å²) < 4.78 is 4.90. The van der Waals surface area contributed by atoms with Crippen LogP contribution in [0.3, 0.4) is 0 Å². The average Bonchev–Trinajstić information content (AvgIpc) is 2.70. The van der Waals surface area contributed by atoms with Crippen LogP contribution in [0, 0.1) is 10.1 Å². The van der Waals surface area contributed by atoms with Crippen molar-refractivity contribution in [1.29, 1.82) is 0 Å². The number of esters is 1. The number of amides is 1. The van der Waals surface area contributed by atoms with Crippen molar-refractivity contribution in [3.8, 4) is 0 Å². The highest BCUT2D eigenvalue weighted by Gasteiger charge is 2.23. The highest BCUT2D eigenvalue weighted by atomic mass is 16.6. The van der Waals surface area contributed by atoms with Crippen LogP contribution < -0.4 is 10.2 Å². The molecule has 0 fully saturated rings. The van der Waals surface area contributed by atoms with E-state index >= 15 is 0 Å². The van der Waals surface area contributed by atoms with E-state index in [0.29, 0.717) is 5.69 Å². The van der Waals surface area contributed by atoms with Gasteiger partial charge in [0.1, 0.15) is 5.69 Å². The maximum atomic E-state index is 12.9. The van der Waals surface area contributed by atoms with Gasteiger partial charge in [0, 0.05) is 38.3 Å². The van der Waals surface area contributed by atoms with Crippen molar-refractivity contribution in [2.24, 2.45) is 0 Å². The van der Waals surface area contributed by atoms with Gasteiger partial charge in [-0.15, -0.1) is 0 Å². The van der Waals surface area contributed by atoms with E-state index in [1.165, 1.54) is 37.4 Å². The number of ketones is 1. The Morgan fingerprint density at radius 3 is 2.32 bits per heavy atom. The second-order valence-corrected chi connectivity index (χ2v) is 5.98. The number of ether oxygens (including phenoxy) is 1. The molecular formula is C19H19N3O6. The molecule has 28 heavy (non-hydrogen) atoms. The number of rotatable bonds is 7. The molecule has 0 heterocycles. The summed E-state index contributed by atoms with van der Waals surface area (Å²) in [6.45, 7) is -0.485. The van der Waals surface area contributed by atoms with Gasteiger partial charge in [0.15, 0.2) is 12.4 Å². The number of hydrogen-bond donors (Lipinski definition) is 1. The Bertz CT molecular complexity index is 939. The lowest BCUT2D eigenvalue weighted by molar-refractivity contribution is -0.384. The van der Waals surface area contributed by atoms with Crippen molar-refractivity contribution >= 4 is 29.0 Å². The number of anilines is 1. The lowest BCUT2D eigenvalue weighted by atomic mass is 9.97. The van der Waals surface area contributed by atoms with E-state index in [-0.39, 0.29) is 22.4 Å². The monoisotopic (exact) mass is 385 g/mol. The van der Waals surface area contributed by atoms with Gasteiger partial charge >= 0.3 is 5.97 Å². The van der Waals surface area contributed by atoms with Crippen molar-refractivity contribution in [1.82, 2.24) is 5.32 Å². The van der Waals surface area contributed by atoms with Crippen molar-refractivity contribution in [2.75, 3.05) is 32.6 Å². The summed E-state index contributed by atoms with van der Waals surface area (Å²) in [5, 5.41) is 13.7. The summed E-state index contributed by atoms with van der Waals surface area (Å²) in [4.78, 5) is 48.8. The molecule has 0 atom stereocenters. The number of nitrogens with zero attached hydrogens (tertiary/aromatic N) is 2. The molecule has 0 saturated heterocycles. The minimum absolute atomic E-state index is 0.0244. The van der Waals surface area contributed by atoms with Crippen molar-refractivity contribution in [2.45, 2.75) is 0 Å². The predicted octanol–water partition coefficient (Wildman–Crippen LogP) is 1.79. The molecule has 0 unspecified atom stereocenters. The first kappa shape index (κ1) is 20.6. The fourth-order valence-corrected chi connectivity index (χ4v) is 2.48. The molecule has 0 aliphatic carbocycles. The highest BCUT2D eigenvalue weighted by molar-refractivity contribution is 6.15. The molecule has 0 aliphatic heterocycles. The largest absolute Gasteiger partial charge is 0.452 e. The van der Waals surface area contributed by atoms with Crippen molar-refractivity contribution in [3.05, 3.63) is 69.3 Å². The Kier molecular flexibility index (Phi) is 6.43. The van der Waals surface area contributed by atoms with Gasteiger partial charge in [-0.25, -0.2) is 4.79 Å². The minimum Gasteiger partial charge on any atom is -0.452 e. The number of nitro benzene ring substituents is 1. The zero-order valence-corrected chi connectivity index (χ0v) is 15.6. The van der Waals surface area contributed by atoms with Gasteiger partial charge < -0.3 is 15.0 Å². The Labute approximate surface area is 161 Å². The normalized spacial score (nSPS) is 10.1. The van der Waals surface area contributed by atoms with Gasteiger partial charge in [-0.1, -0.05) is 18.2 Å². The van der Waals surface area contributed by atoms with Crippen molar-refractivity contribution in [3.63, 3.8) is 0 Å². The first-order valence-corrected chi connectivity index (χ1v) is 8.23. The van der Waals surface area contributed by atoms with Crippen LogP contribution in [0.1, 0.15) is 26.3 Å². The van der Waals surface area contributed by atoms with Gasteiger partial charge in [-0.05, 0) is 18.2 Å². The zero-order chi connectivity index (χ0) is 20.8. The second kappa shape index (κ2) is 8.76. The lowest BCUT2D eigenvalue weighted by Crippen LogP contribution is -2.25. The number of hydrogen-bond acceptors (Lipinski definition) is 7. The lowest BCUT2D eigenvalue weighted by Gasteiger charge is -2.13. The fourth-order valence-electron chi connectivity index (χ4n) is 2.48. The van der Waals surface area contributed by atoms with Crippen LogP contribution in [-0.2, 0) is 9.53 Å². The average molecular weight is 385 g/mol. The quantitative estimate of drug-likeness (QED) is 0.334. The number of carbonyl (C=O) groups excluding carboxylic acids is 3. The molecule has 0 radical (unpaired) electrons. The Morgan fingerprint density at radius 2 is 1.75 bits per heavy atom. The molecule has 0 aromatic heterocycles. The van der Waals surface area contributed by atoms with E-state index in [9.17, 15) is 24.5 Å². The van der Waals surface area contributed by atoms with E-state index in [1.807, 2.05) is 0 Å². The zero-order valence-electron chi connectivity index (χ0n) is 15.6. The maximum absolute atomic E-state index is 12.9. The van der Waals surface area contributed by atoms with E-state index in [0.717, 1.165) is 0 Å². The Balaban J connectivity index is 2.40. The maximum Gasteiger partial charge on any atom is 0.339 e. The van der Waals surface area contributed by atoms with E-state index in [2.05, 4.69) is 5.32 Å². The highest BCUT2D eigenvalue weighted by Crippen LogP contribution is 2.29. The molecule has 9 nitrogen and oxygen atoms in total. The van der Waals surface area contributed by atoms with Crippen LogP contribution in [0.15, 0.2) is 42.5 Å². The summed E-state index contributed by atoms with van der Waals surface area (Å²) in [5.41, 5.74) is 0.172. The predicted molar refractivity (Wildman–Crippen MR) is 102 cm³/mol. The summed E-state index contributed by atoms with van der Waals surface area (Å²) in [6, 6.07) is 10.0. The number of nitrogens with one attached hydrogen (secondary N) is 1. The summed E-state index contributed by atoms with van der Waals surface area (Å²) in [7, 11) is 4.71. The second-order valence-electron chi connectivity index (χ2n) is 5.98. The van der Waals surface area contributed by atoms with Crippen LogP contribution >= 0.6 is 0 Å². The van der Waals surface area contributed by atoms with Crippen LogP contribution in [0.25, 0.3) is 0 Å². The smallest absolute Gasteiger partial charge is 0.339 e. The topological polar surface area (TPSA) is 119 Å². The van der Waals surface area contributed by atoms with Gasteiger partial charge in [0.05, 0.1) is 10.5 Å². The van der Waals surface area contributed by atoms with Crippen LogP contribution in [0.2, 0.25) is 0 Å².